The Morgan fingerprint density at radius 2 is 1.90 bits per heavy atom. The highest BCUT2D eigenvalue weighted by Gasteiger charge is 2.11. The number of unbranched alkanes of at least 4 members (excludes halogenated alkanes) is 3. The van der Waals surface area contributed by atoms with Crippen LogP contribution in [0.25, 0.3) is 0 Å². The quantitative estimate of drug-likeness (QED) is 0.595. The maximum atomic E-state index is 6.30. The number of halogens is 1. The highest BCUT2D eigenvalue weighted by atomic mass is 35.5. The summed E-state index contributed by atoms with van der Waals surface area (Å²) in [4.78, 5) is 0. The lowest BCUT2D eigenvalue weighted by molar-refractivity contribution is 0.294. The first-order valence-electron chi connectivity index (χ1n) is 7.92. The number of benzene rings is 1. The molecule has 0 aromatic heterocycles. The number of hydrogen-bond acceptors (Lipinski definition) is 3. The fourth-order valence-electron chi connectivity index (χ4n) is 2.13. The van der Waals surface area contributed by atoms with Gasteiger partial charge in [0.2, 0.25) is 0 Å². The van der Waals surface area contributed by atoms with Crippen molar-refractivity contribution in [2.24, 2.45) is 0 Å². The molecule has 4 heteroatoms. The second-order valence-electron chi connectivity index (χ2n) is 5.19. The van der Waals surface area contributed by atoms with Crippen LogP contribution in [0.3, 0.4) is 0 Å². The molecule has 1 N–H and O–H groups in total. The highest BCUT2D eigenvalue weighted by Crippen LogP contribution is 2.36. The monoisotopic (exact) mass is 313 g/mol. The third kappa shape index (κ3) is 6.58. The summed E-state index contributed by atoms with van der Waals surface area (Å²) >= 11 is 6.30. The summed E-state index contributed by atoms with van der Waals surface area (Å²) in [7, 11) is 1.65. The molecule has 1 aromatic rings. The summed E-state index contributed by atoms with van der Waals surface area (Å²) in [6.45, 7) is 6.77. The molecule has 21 heavy (non-hydrogen) atoms. The molecule has 0 saturated carbocycles. The van der Waals surface area contributed by atoms with Crippen LogP contribution in [0, 0.1) is 0 Å². The van der Waals surface area contributed by atoms with Gasteiger partial charge in [-0.3, -0.25) is 0 Å². The van der Waals surface area contributed by atoms with Crippen molar-refractivity contribution in [1.29, 1.82) is 0 Å². The Morgan fingerprint density at radius 1 is 1.10 bits per heavy atom. The molecule has 0 aliphatic rings. The van der Waals surface area contributed by atoms with E-state index in [0.717, 1.165) is 25.1 Å². The van der Waals surface area contributed by atoms with Gasteiger partial charge in [-0.15, -0.1) is 0 Å². The van der Waals surface area contributed by atoms with Crippen LogP contribution in [0.4, 0.5) is 0 Å². The number of rotatable bonds is 11. The van der Waals surface area contributed by atoms with Crippen LogP contribution in [0.1, 0.15) is 51.5 Å². The molecule has 0 unspecified atom stereocenters. The number of ether oxygens (including phenoxy) is 2. The van der Waals surface area contributed by atoms with Gasteiger partial charge in [0.25, 0.3) is 0 Å². The molecule has 0 fully saturated rings. The molecule has 0 aliphatic carbocycles. The molecular formula is C17H28ClNO2. The zero-order valence-electron chi connectivity index (χ0n) is 13.5. The number of methoxy groups -OCH3 is 1. The predicted molar refractivity (Wildman–Crippen MR) is 89.6 cm³/mol. The van der Waals surface area contributed by atoms with E-state index in [4.69, 9.17) is 21.1 Å². The van der Waals surface area contributed by atoms with Crippen LogP contribution in [0.2, 0.25) is 5.02 Å². The molecule has 120 valence electrons. The van der Waals surface area contributed by atoms with Gasteiger partial charge in [-0.1, -0.05) is 44.7 Å². The molecule has 0 atom stereocenters. The maximum Gasteiger partial charge on any atom is 0.179 e. The molecule has 0 aliphatic heterocycles. The van der Waals surface area contributed by atoms with E-state index in [1.54, 1.807) is 7.11 Å². The maximum absolute atomic E-state index is 6.30. The van der Waals surface area contributed by atoms with Gasteiger partial charge >= 0.3 is 0 Å². The molecule has 0 radical (unpaired) electrons. The smallest absolute Gasteiger partial charge is 0.179 e. The van der Waals surface area contributed by atoms with Gasteiger partial charge in [0.05, 0.1) is 18.7 Å². The van der Waals surface area contributed by atoms with E-state index in [0.29, 0.717) is 23.1 Å². The minimum absolute atomic E-state index is 0.616. The Kier molecular flexibility index (Phi) is 9.27. The summed E-state index contributed by atoms with van der Waals surface area (Å²) < 4.78 is 11.0. The van der Waals surface area contributed by atoms with E-state index in [-0.39, 0.29) is 0 Å². The average Bonchev–Trinajstić information content (AvgIpc) is 2.49. The van der Waals surface area contributed by atoms with Gasteiger partial charge in [-0.2, -0.15) is 0 Å². The van der Waals surface area contributed by atoms with Crippen LogP contribution < -0.4 is 14.8 Å². The van der Waals surface area contributed by atoms with Gasteiger partial charge in [-0.25, -0.2) is 0 Å². The van der Waals surface area contributed by atoms with Gasteiger partial charge in [0.1, 0.15) is 0 Å². The molecular weight excluding hydrogens is 286 g/mol. The van der Waals surface area contributed by atoms with Crippen molar-refractivity contribution in [3.63, 3.8) is 0 Å². The lowest BCUT2D eigenvalue weighted by Crippen LogP contribution is -2.14. The van der Waals surface area contributed by atoms with E-state index in [9.17, 15) is 0 Å². The highest BCUT2D eigenvalue weighted by molar-refractivity contribution is 6.32. The third-order valence-corrected chi connectivity index (χ3v) is 3.56. The largest absolute Gasteiger partial charge is 0.493 e. The third-order valence-electron chi connectivity index (χ3n) is 3.28. The second kappa shape index (κ2) is 10.7. The number of hydrogen-bond donors (Lipinski definition) is 1. The predicted octanol–water partition coefficient (Wildman–Crippen LogP) is 4.81. The van der Waals surface area contributed by atoms with Crippen molar-refractivity contribution in [2.45, 2.75) is 52.5 Å². The fraction of sp³-hybridized carbons (Fsp3) is 0.647. The molecule has 1 aromatic carbocycles. The molecule has 0 amide bonds. The normalized spacial score (nSPS) is 10.7. The molecule has 0 bridgehead atoms. The second-order valence-corrected chi connectivity index (χ2v) is 5.60. The Labute approximate surface area is 134 Å². The summed E-state index contributed by atoms with van der Waals surface area (Å²) in [5.41, 5.74) is 1.12. The fourth-order valence-corrected chi connectivity index (χ4v) is 2.42. The summed E-state index contributed by atoms with van der Waals surface area (Å²) in [5, 5.41) is 4.06. The van der Waals surface area contributed by atoms with Gasteiger partial charge in [-0.05, 0) is 37.1 Å². The Bertz CT molecular complexity index is 410. The van der Waals surface area contributed by atoms with E-state index in [1.807, 2.05) is 12.1 Å². The average molecular weight is 314 g/mol. The Hall–Kier alpha value is -0.930. The van der Waals surface area contributed by atoms with Crippen molar-refractivity contribution < 1.29 is 9.47 Å². The minimum atomic E-state index is 0.616. The first kappa shape index (κ1) is 18.1. The lowest BCUT2D eigenvalue weighted by Gasteiger charge is -2.14. The summed E-state index contributed by atoms with van der Waals surface area (Å²) in [6, 6.07) is 3.95. The number of nitrogens with one attached hydrogen (secondary N) is 1. The van der Waals surface area contributed by atoms with Crippen molar-refractivity contribution in [1.82, 2.24) is 5.32 Å². The van der Waals surface area contributed by atoms with Crippen LogP contribution in [0.5, 0.6) is 11.5 Å². The van der Waals surface area contributed by atoms with Crippen LogP contribution in [-0.4, -0.2) is 20.3 Å². The molecule has 0 saturated heterocycles. The van der Waals surface area contributed by atoms with Crippen molar-refractivity contribution >= 4 is 11.6 Å². The van der Waals surface area contributed by atoms with E-state index in [2.05, 4.69) is 19.2 Å². The van der Waals surface area contributed by atoms with Crippen molar-refractivity contribution in [3.05, 3.63) is 22.7 Å². The molecule has 1 rings (SSSR count). The zero-order valence-corrected chi connectivity index (χ0v) is 14.3. The zero-order chi connectivity index (χ0) is 15.5. The van der Waals surface area contributed by atoms with Crippen molar-refractivity contribution in [3.8, 4) is 11.5 Å². The van der Waals surface area contributed by atoms with E-state index < -0.39 is 0 Å². The minimum Gasteiger partial charge on any atom is -0.493 e. The lowest BCUT2D eigenvalue weighted by atomic mass is 10.2. The van der Waals surface area contributed by atoms with Gasteiger partial charge in [0.15, 0.2) is 11.5 Å². The van der Waals surface area contributed by atoms with Gasteiger partial charge in [0, 0.05) is 6.54 Å². The molecule has 0 heterocycles. The topological polar surface area (TPSA) is 30.5 Å². The van der Waals surface area contributed by atoms with Crippen LogP contribution >= 0.6 is 11.6 Å². The summed E-state index contributed by atoms with van der Waals surface area (Å²) in [6.07, 6.45) is 6.03. The molecule has 0 spiro atoms. The van der Waals surface area contributed by atoms with E-state index >= 15 is 0 Å². The Balaban J connectivity index is 2.53. The first-order valence-corrected chi connectivity index (χ1v) is 8.30. The van der Waals surface area contributed by atoms with Crippen molar-refractivity contribution in [2.75, 3.05) is 20.3 Å². The van der Waals surface area contributed by atoms with Gasteiger partial charge < -0.3 is 14.8 Å². The van der Waals surface area contributed by atoms with Crippen LogP contribution in [-0.2, 0) is 6.54 Å². The van der Waals surface area contributed by atoms with E-state index in [1.165, 1.54) is 25.7 Å². The molecule has 3 nitrogen and oxygen atoms in total. The SMILES string of the molecule is CCCCCCNCc1cc(Cl)c(OCCC)c(OC)c1. The van der Waals surface area contributed by atoms with Crippen LogP contribution in [0.15, 0.2) is 12.1 Å². The Morgan fingerprint density at radius 3 is 2.57 bits per heavy atom. The summed E-state index contributed by atoms with van der Waals surface area (Å²) in [5.74, 6) is 1.35. The standard InChI is InChI=1S/C17H28ClNO2/c1-4-6-7-8-9-19-13-14-11-15(18)17(21-10-5-2)16(12-14)20-3/h11-12,19H,4-10,13H2,1-3H3. The first-order chi connectivity index (χ1) is 10.2.